The van der Waals surface area contributed by atoms with Crippen molar-refractivity contribution in [3.63, 3.8) is 0 Å². The maximum atomic E-state index is 13.3. The molecule has 28 heavy (non-hydrogen) atoms. The van der Waals surface area contributed by atoms with E-state index in [1.165, 1.54) is 12.1 Å². The number of nitrogens with zero attached hydrogens (tertiary/aromatic N) is 3. The van der Waals surface area contributed by atoms with Crippen LogP contribution < -0.4 is 0 Å². The lowest BCUT2D eigenvalue weighted by Crippen LogP contribution is -2.21. The highest BCUT2D eigenvalue weighted by Gasteiger charge is 2.24. The van der Waals surface area contributed by atoms with Crippen molar-refractivity contribution in [2.75, 3.05) is 0 Å². The topological polar surface area (TPSA) is 60.2 Å². The first-order chi connectivity index (χ1) is 13.5. The van der Waals surface area contributed by atoms with Crippen molar-refractivity contribution < 1.29 is 14.2 Å². The Morgan fingerprint density at radius 3 is 2.68 bits per heavy atom. The summed E-state index contributed by atoms with van der Waals surface area (Å²) < 4.78 is 20.9. The summed E-state index contributed by atoms with van der Waals surface area (Å²) in [7, 11) is 0. The Balaban J connectivity index is 1.72. The Morgan fingerprint density at radius 2 is 2.00 bits per heavy atom. The summed E-state index contributed by atoms with van der Waals surface area (Å²) >= 11 is 0. The van der Waals surface area contributed by atoms with Crippen molar-refractivity contribution >= 4 is 0 Å². The summed E-state index contributed by atoms with van der Waals surface area (Å²) in [6, 6.07) is 9.84. The minimum absolute atomic E-state index is 0.0847. The van der Waals surface area contributed by atoms with Crippen molar-refractivity contribution in [3.8, 4) is 17.5 Å². The fraction of sp³-hybridized carbons (Fsp3) is 0.273. The molecule has 142 valence electrons. The molecule has 0 bridgehead atoms. The molecule has 2 aromatic heterocycles. The first-order valence-electron chi connectivity index (χ1n) is 9.15. The van der Waals surface area contributed by atoms with Gasteiger partial charge in [0.05, 0.1) is 35.9 Å². The summed E-state index contributed by atoms with van der Waals surface area (Å²) in [4.78, 5) is 4.21. The molecule has 1 aliphatic heterocycles. The molecule has 5 nitrogen and oxygen atoms in total. The predicted octanol–water partition coefficient (Wildman–Crippen LogP) is 3.32. The molecule has 6 heteroatoms. The number of aromatic nitrogens is 3. The number of pyridine rings is 1. The molecule has 1 aliphatic rings. The SMILES string of the molecule is CC(O)c1ccc(C#Cc2nn(-c3ccc(F)cc3)c3c2CO[C@@H](C)C3)cn1. The van der Waals surface area contributed by atoms with E-state index >= 15 is 0 Å². The molecule has 0 saturated carbocycles. The third kappa shape index (κ3) is 3.68. The van der Waals surface area contributed by atoms with Crippen molar-refractivity contribution in [2.45, 2.75) is 39.1 Å². The molecule has 3 aromatic rings. The van der Waals surface area contributed by atoms with Crippen molar-refractivity contribution in [3.05, 3.63) is 76.6 Å². The van der Waals surface area contributed by atoms with Crippen LogP contribution >= 0.6 is 0 Å². The summed E-state index contributed by atoms with van der Waals surface area (Å²) in [6.45, 7) is 4.13. The monoisotopic (exact) mass is 377 g/mol. The summed E-state index contributed by atoms with van der Waals surface area (Å²) in [5.74, 6) is 5.91. The Hall–Kier alpha value is -3.01. The van der Waals surface area contributed by atoms with Crippen molar-refractivity contribution in [2.24, 2.45) is 0 Å². The lowest BCUT2D eigenvalue weighted by Gasteiger charge is -2.20. The molecule has 1 unspecified atom stereocenters. The Morgan fingerprint density at radius 1 is 1.21 bits per heavy atom. The van der Waals surface area contributed by atoms with Gasteiger partial charge in [-0.15, -0.1) is 0 Å². The Kier molecular flexibility index (Phi) is 4.95. The van der Waals surface area contributed by atoms with Gasteiger partial charge in [0.15, 0.2) is 0 Å². The van der Waals surface area contributed by atoms with Crippen LogP contribution in [0.3, 0.4) is 0 Å². The van der Waals surface area contributed by atoms with Gasteiger partial charge in [0.2, 0.25) is 0 Å². The van der Waals surface area contributed by atoms with E-state index in [4.69, 9.17) is 4.74 Å². The molecule has 0 aliphatic carbocycles. The van der Waals surface area contributed by atoms with Crippen LogP contribution in [0.1, 0.15) is 48.2 Å². The predicted molar refractivity (Wildman–Crippen MR) is 102 cm³/mol. The van der Waals surface area contributed by atoms with Crippen molar-refractivity contribution in [1.29, 1.82) is 0 Å². The van der Waals surface area contributed by atoms with Gasteiger partial charge >= 0.3 is 0 Å². The van der Waals surface area contributed by atoms with Gasteiger partial charge in [-0.05, 0) is 56.2 Å². The highest BCUT2D eigenvalue weighted by atomic mass is 19.1. The molecule has 1 aromatic carbocycles. The van der Waals surface area contributed by atoms with Gasteiger partial charge in [0.1, 0.15) is 11.5 Å². The van der Waals surface area contributed by atoms with Crippen LogP contribution in [0.15, 0.2) is 42.6 Å². The van der Waals surface area contributed by atoms with E-state index < -0.39 is 6.10 Å². The average molecular weight is 377 g/mol. The van der Waals surface area contributed by atoms with E-state index in [2.05, 4.69) is 21.9 Å². The molecule has 4 rings (SSSR count). The third-order valence-corrected chi connectivity index (χ3v) is 4.69. The zero-order valence-electron chi connectivity index (χ0n) is 15.7. The van der Waals surface area contributed by atoms with Gasteiger partial charge in [0, 0.05) is 23.7 Å². The third-order valence-electron chi connectivity index (χ3n) is 4.69. The molecule has 0 spiro atoms. The van der Waals surface area contributed by atoms with Crippen LogP contribution in [-0.2, 0) is 17.8 Å². The maximum absolute atomic E-state index is 13.3. The quantitative estimate of drug-likeness (QED) is 0.696. The minimum atomic E-state index is -0.612. The van der Waals surface area contributed by atoms with Crippen LogP contribution in [0.4, 0.5) is 4.39 Å². The number of halogens is 1. The van der Waals surface area contributed by atoms with E-state index in [-0.39, 0.29) is 11.9 Å². The molecule has 0 radical (unpaired) electrons. The smallest absolute Gasteiger partial charge is 0.141 e. The molecular weight excluding hydrogens is 357 g/mol. The zero-order valence-corrected chi connectivity index (χ0v) is 15.7. The van der Waals surface area contributed by atoms with Gasteiger partial charge in [-0.3, -0.25) is 4.98 Å². The first-order valence-corrected chi connectivity index (χ1v) is 9.15. The fourth-order valence-electron chi connectivity index (χ4n) is 3.16. The van der Waals surface area contributed by atoms with Crippen LogP contribution in [0, 0.1) is 17.7 Å². The van der Waals surface area contributed by atoms with Gasteiger partial charge in [-0.25, -0.2) is 9.07 Å². The minimum Gasteiger partial charge on any atom is -0.387 e. The van der Waals surface area contributed by atoms with Crippen LogP contribution in [0.2, 0.25) is 0 Å². The molecule has 0 amide bonds. The maximum Gasteiger partial charge on any atom is 0.141 e. The highest BCUT2D eigenvalue weighted by molar-refractivity contribution is 5.47. The standard InChI is InChI=1S/C22H20FN3O2/c1-14-11-22-19(13-28-14)21(25-26(22)18-7-5-17(23)6-8-18)10-4-16-3-9-20(15(2)27)24-12-16/h3,5-9,12,14-15,27H,11,13H2,1-2H3/t14-,15?/m0/s1. The number of ether oxygens (including phenoxy) is 1. The van der Waals surface area contributed by atoms with Gasteiger partial charge in [0.25, 0.3) is 0 Å². The zero-order chi connectivity index (χ0) is 19.7. The van der Waals surface area contributed by atoms with E-state index in [0.717, 1.165) is 22.5 Å². The molecule has 0 saturated heterocycles. The van der Waals surface area contributed by atoms with E-state index in [0.29, 0.717) is 24.4 Å². The second-order valence-electron chi connectivity index (χ2n) is 6.89. The average Bonchev–Trinajstić information content (AvgIpc) is 3.05. The van der Waals surface area contributed by atoms with Gasteiger partial charge in [-0.1, -0.05) is 5.92 Å². The van der Waals surface area contributed by atoms with E-state index in [1.807, 2.05) is 17.7 Å². The largest absolute Gasteiger partial charge is 0.387 e. The molecule has 1 N–H and O–H groups in total. The number of hydrogen-bond donors (Lipinski definition) is 1. The Bertz CT molecular complexity index is 1040. The Labute approximate surface area is 162 Å². The summed E-state index contributed by atoms with van der Waals surface area (Å²) in [5.41, 5.74) is 4.78. The number of rotatable bonds is 2. The van der Waals surface area contributed by atoms with Crippen LogP contribution in [0.5, 0.6) is 0 Å². The van der Waals surface area contributed by atoms with Gasteiger partial charge in [-0.2, -0.15) is 5.10 Å². The second kappa shape index (κ2) is 7.55. The summed E-state index contributed by atoms with van der Waals surface area (Å²) in [5, 5.41) is 14.2. The molecule has 2 atom stereocenters. The van der Waals surface area contributed by atoms with Crippen LogP contribution in [-0.4, -0.2) is 26.0 Å². The molecular formula is C22H20FN3O2. The number of aliphatic hydroxyl groups excluding tert-OH is 1. The van der Waals surface area contributed by atoms with Crippen molar-refractivity contribution in [1.82, 2.24) is 14.8 Å². The fourth-order valence-corrected chi connectivity index (χ4v) is 3.16. The normalized spacial score (nSPS) is 16.8. The second-order valence-corrected chi connectivity index (χ2v) is 6.89. The van der Waals surface area contributed by atoms with E-state index in [9.17, 15) is 9.50 Å². The first kappa shape index (κ1) is 18.4. The number of fused-ring (bicyclic) bond motifs is 1. The van der Waals surface area contributed by atoms with Gasteiger partial charge < -0.3 is 9.84 Å². The number of hydrogen-bond acceptors (Lipinski definition) is 4. The number of aliphatic hydroxyl groups is 1. The lowest BCUT2D eigenvalue weighted by atomic mass is 10.1. The molecule has 0 fully saturated rings. The lowest BCUT2D eigenvalue weighted by molar-refractivity contribution is 0.0397. The van der Waals surface area contributed by atoms with Crippen LogP contribution in [0.25, 0.3) is 5.69 Å². The summed E-state index contributed by atoms with van der Waals surface area (Å²) in [6.07, 6.45) is 1.82. The highest BCUT2D eigenvalue weighted by Crippen LogP contribution is 2.26. The number of benzene rings is 1. The molecule has 3 heterocycles. The van der Waals surface area contributed by atoms with E-state index in [1.54, 1.807) is 31.3 Å².